The Morgan fingerprint density at radius 1 is 1.24 bits per heavy atom. The van der Waals surface area contributed by atoms with Gasteiger partial charge in [0.1, 0.15) is 5.78 Å². The normalized spacial score (nSPS) is 16.4. The largest absolute Gasteiger partial charge is 0.466 e. The van der Waals surface area contributed by atoms with Crippen molar-refractivity contribution in [2.75, 3.05) is 20.2 Å². The molecule has 1 rings (SSSR count). The van der Waals surface area contributed by atoms with E-state index in [-0.39, 0.29) is 18.2 Å². The standard InChI is InChI=1S/C13H23NO3/c1-3-17-13(16)9-8-12(15)10-14(2)11-6-4-5-7-11/h11H,3-10H2,1-2H3. The lowest BCUT2D eigenvalue weighted by Gasteiger charge is -2.22. The van der Waals surface area contributed by atoms with Crippen LogP contribution in [-0.2, 0) is 14.3 Å². The Labute approximate surface area is 103 Å². The lowest BCUT2D eigenvalue weighted by atomic mass is 10.1. The minimum atomic E-state index is -0.274. The molecular formula is C13H23NO3. The summed E-state index contributed by atoms with van der Waals surface area (Å²) in [6, 6.07) is 0.557. The number of rotatable bonds is 7. The van der Waals surface area contributed by atoms with Crippen LogP contribution in [0.2, 0.25) is 0 Å². The number of hydrogen-bond acceptors (Lipinski definition) is 4. The fourth-order valence-electron chi connectivity index (χ4n) is 2.31. The van der Waals surface area contributed by atoms with Crippen LogP contribution in [0.25, 0.3) is 0 Å². The second-order valence-corrected chi connectivity index (χ2v) is 4.70. The van der Waals surface area contributed by atoms with Gasteiger partial charge < -0.3 is 4.74 Å². The van der Waals surface area contributed by atoms with Crippen LogP contribution in [0.3, 0.4) is 0 Å². The summed E-state index contributed by atoms with van der Waals surface area (Å²) < 4.78 is 4.79. The molecule has 1 aliphatic rings. The Morgan fingerprint density at radius 3 is 2.47 bits per heavy atom. The van der Waals surface area contributed by atoms with E-state index in [0.717, 1.165) is 0 Å². The summed E-state index contributed by atoms with van der Waals surface area (Å²) in [6.45, 7) is 2.62. The van der Waals surface area contributed by atoms with Crippen molar-refractivity contribution in [3.8, 4) is 0 Å². The van der Waals surface area contributed by atoms with Crippen molar-refractivity contribution in [2.45, 2.75) is 51.5 Å². The zero-order chi connectivity index (χ0) is 12.7. The van der Waals surface area contributed by atoms with Crippen molar-refractivity contribution in [1.82, 2.24) is 4.90 Å². The zero-order valence-electron chi connectivity index (χ0n) is 10.9. The molecular weight excluding hydrogens is 218 g/mol. The minimum absolute atomic E-state index is 0.132. The van der Waals surface area contributed by atoms with Crippen LogP contribution < -0.4 is 0 Å². The van der Waals surface area contributed by atoms with E-state index in [4.69, 9.17) is 4.74 Å². The van der Waals surface area contributed by atoms with Crippen molar-refractivity contribution in [3.63, 3.8) is 0 Å². The van der Waals surface area contributed by atoms with Gasteiger partial charge in [-0.3, -0.25) is 14.5 Å². The number of Topliss-reactive ketones (excluding diaryl/α,β-unsaturated/α-hetero) is 1. The fraction of sp³-hybridized carbons (Fsp3) is 0.846. The van der Waals surface area contributed by atoms with Crippen molar-refractivity contribution in [3.05, 3.63) is 0 Å². The first kappa shape index (κ1) is 14.2. The van der Waals surface area contributed by atoms with Gasteiger partial charge in [0, 0.05) is 12.5 Å². The molecule has 0 aromatic rings. The summed E-state index contributed by atoms with van der Waals surface area (Å²) in [5.74, 6) is -0.142. The van der Waals surface area contributed by atoms with Crippen molar-refractivity contribution >= 4 is 11.8 Å². The average Bonchev–Trinajstić information content (AvgIpc) is 2.80. The number of ketones is 1. The van der Waals surface area contributed by atoms with Gasteiger partial charge in [-0.1, -0.05) is 12.8 Å². The van der Waals surface area contributed by atoms with Gasteiger partial charge in [0.2, 0.25) is 0 Å². The lowest BCUT2D eigenvalue weighted by Crippen LogP contribution is -2.34. The third-order valence-electron chi connectivity index (χ3n) is 3.29. The molecule has 1 saturated carbocycles. The second kappa shape index (κ2) is 7.43. The van der Waals surface area contributed by atoms with Gasteiger partial charge in [-0.2, -0.15) is 0 Å². The SMILES string of the molecule is CCOC(=O)CCC(=O)CN(C)C1CCCC1. The van der Waals surface area contributed by atoms with Gasteiger partial charge in [-0.15, -0.1) is 0 Å². The summed E-state index contributed by atoms with van der Waals surface area (Å²) in [6.07, 6.45) is 5.45. The molecule has 1 fully saturated rings. The third-order valence-corrected chi connectivity index (χ3v) is 3.29. The first-order chi connectivity index (χ1) is 8.13. The highest BCUT2D eigenvalue weighted by atomic mass is 16.5. The van der Waals surface area contributed by atoms with E-state index in [9.17, 15) is 9.59 Å². The summed E-state index contributed by atoms with van der Waals surface area (Å²) in [5.41, 5.74) is 0. The topological polar surface area (TPSA) is 46.6 Å². The minimum Gasteiger partial charge on any atom is -0.466 e. The summed E-state index contributed by atoms with van der Waals surface area (Å²) in [7, 11) is 2.00. The van der Waals surface area contributed by atoms with E-state index in [1.165, 1.54) is 25.7 Å². The second-order valence-electron chi connectivity index (χ2n) is 4.70. The fourth-order valence-corrected chi connectivity index (χ4v) is 2.31. The molecule has 0 spiro atoms. The van der Waals surface area contributed by atoms with Crippen LogP contribution in [0, 0.1) is 0 Å². The lowest BCUT2D eigenvalue weighted by molar-refractivity contribution is -0.144. The smallest absolute Gasteiger partial charge is 0.306 e. The Morgan fingerprint density at radius 2 is 1.88 bits per heavy atom. The maximum Gasteiger partial charge on any atom is 0.306 e. The Balaban J connectivity index is 2.17. The van der Waals surface area contributed by atoms with Crippen molar-refractivity contribution < 1.29 is 14.3 Å². The maximum atomic E-state index is 11.7. The van der Waals surface area contributed by atoms with E-state index >= 15 is 0 Å². The first-order valence-corrected chi connectivity index (χ1v) is 6.51. The maximum absolute atomic E-state index is 11.7. The van der Waals surface area contributed by atoms with Gasteiger partial charge in [0.25, 0.3) is 0 Å². The van der Waals surface area contributed by atoms with Crippen LogP contribution in [0.4, 0.5) is 0 Å². The monoisotopic (exact) mass is 241 g/mol. The molecule has 0 radical (unpaired) electrons. The van der Waals surface area contributed by atoms with Gasteiger partial charge in [-0.05, 0) is 26.8 Å². The highest BCUT2D eigenvalue weighted by molar-refractivity contribution is 5.84. The molecule has 0 atom stereocenters. The van der Waals surface area contributed by atoms with E-state index in [1.807, 2.05) is 7.05 Å². The molecule has 0 aromatic heterocycles. The van der Waals surface area contributed by atoms with Crippen LogP contribution >= 0.6 is 0 Å². The van der Waals surface area contributed by atoms with Gasteiger partial charge >= 0.3 is 5.97 Å². The van der Waals surface area contributed by atoms with Crippen molar-refractivity contribution in [1.29, 1.82) is 0 Å². The highest BCUT2D eigenvalue weighted by Crippen LogP contribution is 2.22. The third kappa shape index (κ3) is 5.31. The molecule has 0 aliphatic heterocycles. The number of esters is 1. The molecule has 0 heterocycles. The quantitative estimate of drug-likeness (QED) is 0.637. The summed E-state index contributed by atoms with van der Waals surface area (Å²) >= 11 is 0. The molecule has 17 heavy (non-hydrogen) atoms. The Bertz CT molecular complexity index is 259. The van der Waals surface area contributed by atoms with E-state index < -0.39 is 0 Å². The van der Waals surface area contributed by atoms with E-state index in [2.05, 4.69) is 4.90 Å². The van der Waals surface area contributed by atoms with Crippen LogP contribution in [-0.4, -0.2) is 42.9 Å². The highest BCUT2D eigenvalue weighted by Gasteiger charge is 2.21. The average molecular weight is 241 g/mol. The Kier molecular flexibility index (Phi) is 6.19. The zero-order valence-corrected chi connectivity index (χ0v) is 10.9. The number of likely N-dealkylation sites (N-methyl/N-ethyl adjacent to an activating group) is 1. The number of nitrogens with zero attached hydrogens (tertiary/aromatic N) is 1. The Hall–Kier alpha value is -0.900. The van der Waals surface area contributed by atoms with Crippen LogP contribution in [0.5, 0.6) is 0 Å². The molecule has 0 bridgehead atoms. The number of ether oxygens (including phenoxy) is 1. The predicted molar refractivity (Wildman–Crippen MR) is 65.8 cm³/mol. The molecule has 0 saturated heterocycles. The summed E-state index contributed by atoms with van der Waals surface area (Å²) in [5, 5.41) is 0. The molecule has 4 heteroatoms. The molecule has 0 unspecified atom stereocenters. The van der Waals surface area contributed by atoms with Crippen molar-refractivity contribution in [2.24, 2.45) is 0 Å². The van der Waals surface area contributed by atoms with E-state index in [1.54, 1.807) is 6.92 Å². The van der Waals surface area contributed by atoms with Gasteiger partial charge in [0.15, 0.2) is 0 Å². The van der Waals surface area contributed by atoms with Crippen LogP contribution in [0.1, 0.15) is 45.4 Å². The number of carbonyl (C=O) groups is 2. The van der Waals surface area contributed by atoms with Crippen LogP contribution in [0.15, 0.2) is 0 Å². The molecule has 0 N–H and O–H groups in total. The molecule has 1 aliphatic carbocycles. The molecule has 98 valence electrons. The van der Waals surface area contributed by atoms with E-state index in [0.29, 0.717) is 25.6 Å². The predicted octanol–water partition coefficient (Wildman–Crippen LogP) is 1.77. The summed E-state index contributed by atoms with van der Waals surface area (Å²) in [4.78, 5) is 24.9. The number of hydrogen-bond donors (Lipinski definition) is 0. The first-order valence-electron chi connectivity index (χ1n) is 6.51. The molecule has 0 amide bonds. The van der Waals surface area contributed by atoms with Gasteiger partial charge in [-0.25, -0.2) is 0 Å². The van der Waals surface area contributed by atoms with Gasteiger partial charge in [0.05, 0.1) is 19.6 Å². The molecule has 4 nitrogen and oxygen atoms in total. The number of carbonyl (C=O) groups excluding carboxylic acids is 2. The molecule has 0 aromatic carbocycles.